The van der Waals surface area contributed by atoms with Gasteiger partial charge in [-0.1, -0.05) is 12.1 Å². The fourth-order valence-electron chi connectivity index (χ4n) is 3.01. The van der Waals surface area contributed by atoms with Crippen LogP contribution in [0.3, 0.4) is 0 Å². The maximum Gasteiger partial charge on any atom is 0.328 e. The van der Waals surface area contributed by atoms with Crippen LogP contribution < -0.4 is 9.46 Å². The van der Waals surface area contributed by atoms with Gasteiger partial charge >= 0.3 is 5.97 Å². The monoisotopic (exact) mass is 482 g/mol. The summed E-state index contributed by atoms with van der Waals surface area (Å²) in [4.78, 5) is 10.4. The Bertz CT molecular complexity index is 1220. The number of methoxy groups -OCH3 is 1. The lowest BCUT2D eigenvalue weighted by molar-refractivity contribution is -0.131. The first kappa shape index (κ1) is 23.7. The maximum absolute atomic E-state index is 13.1. The van der Waals surface area contributed by atoms with Crippen molar-refractivity contribution in [2.45, 2.75) is 9.79 Å². The van der Waals surface area contributed by atoms with E-state index in [0.29, 0.717) is 5.56 Å². The minimum atomic E-state index is -4.03. The molecule has 2 aromatic rings. The van der Waals surface area contributed by atoms with Gasteiger partial charge in [0.2, 0.25) is 10.0 Å². The number of morpholine rings is 1. The molecule has 0 bridgehead atoms. The molecule has 0 atom stereocenters. The molecule has 32 heavy (non-hydrogen) atoms. The SMILES string of the molecule is COc1ccc(NS(=O)(=O)c2ccc(/C=C/C(=O)O)cc2)cc1S(=O)(=O)N1CCOCC1. The minimum absolute atomic E-state index is 0.0486. The third-order valence-corrected chi connectivity index (χ3v) is 7.93. The Labute approximate surface area is 186 Å². The van der Waals surface area contributed by atoms with E-state index in [1.54, 1.807) is 0 Å². The van der Waals surface area contributed by atoms with Gasteiger partial charge in [0.05, 0.1) is 30.9 Å². The summed E-state index contributed by atoms with van der Waals surface area (Å²) in [6.07, 6.45) is 2.27. The highest BCUT2D eigenvalue weighted by atomic mass is 32.2. The standard InChI is InChI=1S/C20H22N2O8S2/c1-29-18-8-5-16(14-19(18)32(27,28)22-10-12-30-13-11-22)21-31(25,26)17-6-2-15(3-7-17)4-9-20(23)24/h2-9,14,21H,10-13H2,1H3,(H,23,24)/b9-4+. The largest absolute Gasteiger partial charge is 0.495 e. The number of carbonyl (C=O) groups is 1. The van der Waals surface area contributed by atoms with Crippen molar-refractivity contribution in [1.29, 1.82) is 0 Å². The number of sulfonamides is 2. The molecule has 1 aliphatic rings. The fourth-order valence-corrected chi connectivity index (χ4v) is 5.65. The van der Waals surface area contributed by atoms with Gasteiger partial charge < -0.3 is 14.6 Å². The highest BCUT2D eigenvalue weighted by molar-refractivity contribution is 7.92. The van der Waals surface area contributed by atoms with E-state index in [0.717, 1.165) is 6.08 Å². The van der Waals surface area contributed by atoms with Crippen LogP contribution in [0.5, 0.6) is 5.75 Å². The maximum atomic E-state index is 13.1. The summed E-state index contributed by atoms with van der Waals surface area (Å²) in [6.45, 7) is 0.908. The first-order chi connectivity index (χ1) is 15.1. The number of nitrogens with one attached hydrogen (secondary N) is 1. The molecule has 2 aromatic carbocycles. The van der Waals surface area contributed by atoms with Crippen LogP contribution in [0.2, 0.25) is 0 Å². The molecule has 0 aliphatic carbocycles. The molecule has 10 nitrogen and oxygen atoms in total. The molecule has 0 unspecified atom stereocenters. The number of nitrogens with zero attached hydrogens (tertiary/aromatic N) is 1. The second kappa shape index (κ2) is 9.69. The quantitative estimate of drug-likeness (QED) is 0.541. The highest BCUT2D eigenvalue weighted by Gasteiger charge is 2.30. The normalized spacial score (nSPS) is 15.5. The Balaban J connectivity index is 1.88. The van der Waals surface area contributed by atoms with Crippen molar-refractivity contribution in [3.8, 4) is 5.75 Å². The lowest BCUT2D eigenvalue weighted by atomic mass is 10.2. The number of carboxylic acids is 1. The van der Waals surface area contributed by atoms with Gasteiger partial charge in [0.1, 0.15) is 10.6 Å². The molecule has 3 rings (SSSR count). The topological polar surface area (TPSA) is 139 Å². The van der Waals surface area contributed by atoms with Crippen molar-refractivity contribution in [2.75, 3.05) is 38.1 Å². The number of carboxylic acid groups (broad SMARTS) is 1. The van der Waals surface area contributed by atoms with E-state index < -0.39 is 26.0 Å². The summed E-state index contributed by atoms with van der Waals surface area (Å²) in [5, 5.41) is 8.67. The van der Waals surface area contributed by atoms with E-state index in [9.17, 15) is 21.6 Å². The highest BCUT2D eigenvalue weighted by Crippen LogP contribution is 2.31. The summed E-state index contributed by atoms with van der Waals surface area (Å²) in [7, 11) is -6.63. The zero-order chi connectivity index (χ0) is 23.4. The lowest BCUT2D eigenvalue weighted by Gasteiger charge is -2.26. The summed E-state index contributed by atoms with van der Waals surface area (Å²) < 4.78 is 65.7. The Morgan fingerprint density at radius 3 is 2.34 bits per heavy atom. The van der Waals surface area contributed by atoms with Gasteiger partial charge in [-0.25, -0.2) is 21.6 Å². The molecule has 1 saturated heterocycles. The van der Waals surface area contributed by atoms with Crippen LogP contribution in [-0.4, -0.2) is 65.6 Å². The summed E-state index contributed by atoms with van der Waals surface area (Å²) in [5.74, 6) is -1.03. The van der Waals surface area contributed by atoms with Gasteiger partial charge in [-0.3, -0.25) is 4.72 Å². The van der Waals surface area contributed by atoms with Crippen molar-refractivity contribution in [3.05, 3.63) is 54.1 Å². The third kappa shape index (κ3) is 5.46. The molecule has 172 valence electrons. The molecule has 0 amide bonds. The predicted molar refractivity (Wildman–Crippen MR) is 116 cm³/mol. The van der Waals surface area contributed by atoms with E-state index in [4.69, 9.17) is 14.6 Å². The lowest BCUT2D eigenvalue weighted by Crippen LogP contribution is -2.40. The van der Waals surface area contributed by atoms with Crippen LogP contribution in [0.25, 0.3) is 6.08 Å². The minimum Gasteiger partial charge on any atom is -0.495 e. The Hall–Kier alpha value is -2.93. The zero-order valence-electron chi connectivity index (χ0n) is 17.1. The van der Waals surface area contributed by atoms with Crippen molar-refractivity contribution >= 4 is 37.8 Å². The number of rotatable bonds is 8. The van der Waals surface area contributed by atoms with Crippen LogP contribution in [0.1, 0.15) is 5.56 Å². The fraction of sp³-hybridized carbons (Fsp3) is 0.250. The molecule has 2 N–H and O–H groups in total. The first-order valence-corrected chi connectivity index (χ1v) is 12.4. The number of benzene rings is 2. The van der Waals surface area contributed by atoms with Gasteiger partial charge in [-0.05, 0) is 42.0 Å². The van der Waals surface area contributed by atoms with E-state index in [-0.39, 0.29) is 47.5 Å². The van der Waals surface area contributed by atoms with E-state index in [1.165, 1.54) is 60.0 Å². The van der Waals surface area contributed by atoms with Crippen molar-refractivity contribution < 1.29 is 36.2 Å². The molecule has 1 fully saturated rings. The smallest absolute Gasteiger partial charge is 0.328 e. The molecular formula is C20H22N2O8S2. The molecular weight excluding hydrogens is 460 g/mol. The Morgan fingerprint density at radius 2 is 1.75 bits per heavy atom. The molecule has 0 aromatic heterocycles. The van der Waals surface area contributed by atoms with Gasteiger partial charge in [-0.15, -0.1) is 0 Å². The Kier molecular flexibility index (Phi) is 7.19. The van der Waals surface area contributed by atoms with Crippen LogP contribution in [-0.2, 0) is 29.6 Å². The number of hydrogen-bond donors (Lipinski definition) is 2. The Morgan fingerprint density at radius 1 is 1.09 bits per heavy atom. The van der Waals surface area contributed by atoms with Gasteiger partial charge in [0, 0.05) is 19.2 Å². The molecule has 12 heteroatoms. The second-order valence-corrected chi connectivity index (χ2v) is 10.3. The van der Waals surface area contributed by atoms with Gasteiger partial charge in [-0.2, -0.15) is 4.31 Å². The van der Waals surface area contributed by atoms with E-state index >= 15 is 0 Å². The molecule has 0 radical (unpaired) electrons. The van der Waals surface area contributed by atoms with Crippen LogP contribution in [0.4, 0.5) is 5.69 Å². The third-order valence-electron chi connectivity index (χ3n) is 4.61. The summed E-state index contributed by atoms with van der Waals surface area (Å²) in [6, 6.07) is 9.54. The number of aliphatic carboxylic acids is 1. The van der Waals surface area contributed by atoms with E-state index in [1.807, 2.05) is 0 Å². The van der Waals surface area contributed by atoms with Crippen LogP contribution in [0.15, 0.2) is 58.3 Å². The summed E-state index contributed by atoms with van der Waals surface area (Å²) >= 11 is 0. The van der Waals surface area contributed by atoms with Crippen molar-refractivity contribution in [2.24, 2.45) is 0 Å². The number of hydrogen-bond acceptors (Lipinski definition) is 7. The molecule has 0 saturated carbocycles. The van der Waals surface area contributed by atoms with E-state index in [2.05, 4.69) is 4.72 Å². The first-order valence-electron chi connectivity index (χ1n) is 9.43. The number of ether oxygens (including phenoxy) is 2. The van der Waals surface area contributed by atoms with Gasteiger partial charge in [0.25, 0.3) is 10.0 Å². The number of anilines is 1. The molecule has 0 spiro atoms. The molecule has 1 heterocycles. The average Bonchev–Trinajstić information content (AvgIpc) is 2.78. The molecule has 1 aliphatic heterocycles. The zero-order valence-corrected chi connectivity index (χ0v) is 18.7. The summed E-state index contributed by atoms with van der Waals surface area (Å²) in [5.41, 5.74) is 0.558. The van der Waals surface area contributed by atoms with Crippen molar-refractivity contribution in [3.63, 3.8) is 0 Å². The predicted octanol–water partition coefficient (Wildman–Crippen LogP) is 1.61. The van der Waals surface area contributed by atoms with Crippen LogP contribution in [0, 0.1) is 0 Å². The van der Waals surface area contributed by atoms with Crippen LogP contribution >= 0.6 is 0 Å². The van der Waals surface area contributed by atoms with Crippen molar-refractivity contribution in [1.82, 2.24) is 4.31 Å². The second-order valence-electron chi connectivity index (χ2n) is 6.73. The van der Waals surface area contributed by atoms with Gasteiger partial charge in [0.15, 0.2) is 0 Å². The average molecular weight is 483 g/mol.